The van der Waals surface area contributed by atoms with E-state index in [4.69, 9.17) is 25.9 Å². The normalized spacial score (nSPS) is 29.2. The quantitative estimate of drug-likeness (QED) is 0.174. The molecular formula is C9H15F7N2O6S2. The summed E-state index contributed by atoms with van der Waals surface area (Å²) in [6, 6.07) is 0. The molecule has 0 atom stereocenters. The van der Waals surface area contributed by atoms with E-state index >= 15 is 0 Å². The Bertz CT molecular complexity index is 604. The van der Waals surface area contributed by atoms with Gasteiger partial charge in [-0.15, -0.1) is 4.71 Å². The van der Waals surface area contributed by atoms with Gasteiger partial charge in [0.15, 0.2) is 39.9 Å². The molecule has 2 bridgehead atoms. The number of hydrogen-bond acceptors (Lipinski definition) is 6. The lowest BCUT2D eigenvalue weighted by Crippen LogP contribution is -2.70. The fourth-order valence-electron chi connectivity index (χ4n) is 1.93. The number of alkyl halides is 6. The van der Waals surface area contributed by atoms with Crippen LogP contribution in [0.15, 0.2) is 0 Å². The van der Waals surface area contributed by atoms with Crippen molar-refractivity contribution in [1.82, 2.24) is 0 Å². The van der Waals surface area contributed by atoms with Crippen LogP contribution >= 0.6 is 0 Å². The van der Waals surface area contributed by atoms with Crippen LogP contribution in [-0.4, -0.2) is 92.5 Å². The number of fused-ring (bicyclic) bond motifs is 3. The topological polar surface area (TPSA) is 114 Å². The van der Waals surface area contributed by atoms with Gasteiger partial charge in [-0.1, -0.05) is 0 Å². The maximum absolute atomic E-state index is 13.4. The molecule has 3 aliphatic rings. The summed E-state index contributed by atoms with van der Waals surface area (Å²) in [5, 5.41) is 0. The molecule has 8 nitrogen and oxygen atoms in total. The molecule has 3 fully saturated rings. The Kier molecular flexibility index (Phi) is 7.48. The molecule has 0 aromatic heterocycles. The zero-order valence-electron chi connectivity index (χ0n) is 13.0. The van der Waals surface area contributed by atoms with Gasteiger partial charge in [0, 0.05) is 0 Å². The molecule has 17 heteroatoms. The van der Waals surface area contributed by atoms with Crippen LogP contribution in [0, 0.1) is 0 Å². The molecule has 3 saturated heterocycles. The standard InChI is InChI=1S/C7H15FN2.2CHF3O3S/c1-9-2-5-10(8,6-3-9)7-4-9;2*2-1(3,4)8(5,6)7/h2-7H2,1H3;2*(H,5,6,7)/q+2;;/p-2. The van der Waals surface area contributed by atoms with Gasteiger partial charge >= 0.3 is 11.0 Å². The lowest BCUT2D eigenvalue weighted by molar-refractivity contribution is -1.14. The van der Waals surface area contributed by atoms with Crippen molar-refractivity contribution in [2.45, 2.75) is 11.0 Å². The smallest absolute Gasteiger partial charge is 0.485 e. The molecule has 0 saturated carbocycles. The van der Waals surface area contributed by atoms with Gasteiger partial charge in [-0.05, 0) is 4.48 Å². The maximum Gasteiger partial charge on any atom is 0.485 e. The van der Waals surface area contributed by atoms with E-state index in [2.05, 4.69) is 7.05 Å². The zero-order valence-corrected chi connectivity index (χ0v) is 14.7. The van der Waals surface area contributed by atoms with Crippen LogP contribution in [0.3, 0.4) is 0 Å². The van der Waals surface area contributed by atoms with Crippen LogP contribution in [0.25, 0.3) is 0 Å². The van der Waals surface area contributed by atoms with Gasteiger partial charge in [-0.25, -0.2) is 16.8 Å². The van der Waals surface area contributed by atoms with Crippen molar-refractivity contribution in [2.75, 3.05) is 46.3 Å². The van der Waals surface area contributed by atoms with Crippen molar-refractivity contribution in [1.29, 1.82) is 0 Å². The molecule has 3 rings (SSSR count). The lowest BCUT2D eigenvalue weighted by atomic mass is 10.2. The van der Waals surface area contributed by atoms with Gasteiger partial charge in [0.05, 0.1) is 7.05 Å². The highest BCUT2D eigenvalue weighted by Gasteiger charge is 2.48. The largest absolute Gasteiger partial charge is 0.741 e. The third-order valence-corrected chi connectivity index (χ3v) is 4.82. The molecule has 0 aromatic rings. The molecule has 3 heterocycles. The summed E-state index contributed by atoms with van der Waals surface area (Å²) in [4.78, 5) is 0. The van der Waals surface area contributed by atoms with Crippen molar-refractivity contribution < 1.29 is 66.0 Å². The summed E-state index contributed by atoms with van der Waals surface area (Å²) >= 11 is 0. The summed E-state index contributed by atoms with van der Waals surface area (Å²) < 4.78 is 132. The molecule has 3 aliphatic heterocycles. The second-order valence-corrected chi connectivity index (χ2v) is 8.53. The van der Waals surface area contributed by atoms with E-state index in [-0.39, 0.29) is 4.71 Å². The number of halogens is 7. The van der Waals surface area contributed by atoms with Crippen molar-refractivity contribution >= 4 is 20.2 Å². The summed E-state index contributed by atoms with van der Waals surface area (Å²) in [5.74, 6) is 0. The van der Waals surface area contributed by atoms with E-state index in [9.17, 15) is 30.8 Å². The summed E-state index contributed by atoms with van der Waals surface area (Å²) in [6.07, 6.45) is 0. The molecular weight excluding hydrogens is 429 g/mol. The van der Waals surface area contributed by atoms with Crippen molar-refractivity contribution in [3.05, 3.63) is 0 Å². The van der Waals surface area contributed by atoms with E-state index in [1.165, 1.54) is 0 Å². The number of nitrogens with zero attached hydrogens (tertiary/aromatic N) is 2. The monoisotopic (exact) mass is 444 g/mol. The van der Waals surface area contributed by atoms with Gasteiger partial charge in [0.2, 0.25) is 0 Å². The predicted octanol–water partition coefficient (Wildman–Crippen LogP) is 0.264. The first-order chi connectivity index (χ1) is 11.1. The van der Waals surface area contributed by atoms with Gasteiger partial charge < -0.3 is 13.6 Å². The Balaban J connectivity index is 0.000000366. The van der Waals surface area contributed by atoms with E-state index < -0.39 is 31.3 Å². The average molecular weight is 444 g/mol. The van der Waals surface area contributed by atoms with Crippen LogP contribution in [-0.2, 0) is 20.2 Å². The minimum absolute atomic E-state index is 0.145. The first-order valence-electron chi connectivity index (χ1n) is 6.56. The summed E-state index contributed by atoms with van der Waals surface area (Å²) in [7, 11) is -9.94. The Morgan fingerprint density at radius 3 is 1.00 bits per heavy atom. The summed E-state index contributed by atoms with van der Waals surface area (Å²) in [6.45, 7) is 5.35. The molecule has 0 radical (unpaired) electrons. The highest BCUT2D eigenvalue weighted by molar-refractivity contribution is 7.86. The van der Waals surface area contributed by atoms with Gasteiger partial charge in [-0.2, -0.15) is 26.3 Å². The first kappa shape index (κ1) is 25.2. The predicted molar refractivity (Wildman–Crippen MR) is 68.3 cm³/mol. The molecule has 0 unspecified atom stereocenters. The Morgan fingerprint density at radius 1 is 0.692 bits per heavy atom. The van der Waals surface area contributed by atoms with E-state index in [1.54, 1.807) is 0 Å². The SMILES string of the molecule is C[N+]12CC[N+](F)(CC1)CC2.O=S(=O)([O-])C(F)(F)F.O=S(=O)([O-])C(F)(F)F. The van der Waals surface area contributed by atoms with Crippen molar-refractivity contribution in [3.63, 3.8) is 0 Å². The Labute approximate surface area is 144 Å². The summed E-state index contributed by atoms with van der Waals surface area (Å²) in [5.41, 5.74) is -11.3. The van der Waals surface area contributed by atoms with E-state index in [0.29, 0.717) is 0 Å². The Hall–Kier alpha value is -0.750. The van der Waals surface area contributed by atoms with Gasteiger partial charge in [0.25, 0.3) is 0 Å². The average Bonchev–Trinajstić information content (AvgIpc) is 2.38. The number of likely N-dealkylation sites (N-methyl/N-ethyl adjacent to an activating group) is 1. The second kappa shape index (κ2) is 7.70. The van der Waals surface area contributed by atoms with Crippen molar-refractivity contribution in [2.24, 2.45) is 0 Å². The van der Waals surface area contributed by atoms with E-state index in [1.807, 2.05) is 0 Å². The minimum Gasteiger partial charge on any atom is -0.741 e. The Morgan fingerprint density at radius 2 is 0.885 bits per heavy atom. The van der Waals surface area contributed by atoms with Gasteiger partial charge in [0.1, 0.15) is 19.6 Å². The third-order valence-electron chi connectivity index (χ3n) is 3.69. The number of hydrogen-bond donors (Lipinski definition) is 0. The molecule has 0 aromatic carbocycles. The van der Waals surface area contributed by atoms with Crippen molar-refractivity contribution in [3.8, 4) is 0 Å². The van der Waals surface area contributed by atoms with Gasteiger partial charge in [-0.3, -0.25) is 0 Å². The minimum atomic E-state index is -6.09. The lowest BCUT2D eigenvalue weighted by Gasteiger charge is -2.47. The van der Waals surface area contributed by atoms with Crippen LogP contribution < -0.4 is 0 Å². The molecule has 26 heavy (non-hydrogen) atoms. The number of piperazine rings is 3. The third kappa shape index (κ3) is 7.87. The molecule has 0 amide bonds. The molecule has 0 spiro atoms. The maximum atomic E-state index is 13.4. The highest BCUT2D eigenvalue weighted by Crippen LogP contribution is 2.24. The number of quaternary nitrogens is 2. The molecule has 0 N–H and O–H groups in total. The molecule has 0 aliphatic carbocycles. The van der Waals surface area contributed by atoms with Crippen LogP contribution in [0.2, 0.25) is 0 Å². The van der Waals surface area contributed by atoms with Crippen LogP contribution in [0.5, 0.6) is 0 Å². The fraction of sp³-hybridized carbons (Fsp3) is 1.00. The highest BCUT2D eigenvalue weighted by atomic mass is 32.2. The molecule has 158 valence electrons. The first-order valence-corrected chi connectivity index (χ1v) is 9.37. The zero-order chi connectivity index (χ0) is 21.2. The van der Waals surface area contributed by atoms with E-state index in [0.717, 1.165) is 43.8 Å². The number of rotatable bonds is 0. The van der Waals surface area contributed by atoms with Crippen LogP contribution in [0.1, 0.15) is 0 Å². The fourth-order valence-corrected chi connectivity index (χ4v) is 1.93. The van der Waals surface area contributed by atoms with Crippen LogP contribution in [0.4, 0.5) is 30.8 Å². The second-order valence-electron chi connectivity index (χ2n) is 5.79.